The molecule has 6 heteroatoms. The summed E-state index contributed by atoms with van der Waals surface area (Å²) in [5.74, 6) is 1.73. The maximum Gasteiger partial charge on any atom is 0.314 e. The van der Waals surface area contributed by atoms with Gasteiger partial charge in [0.05, 0.1) is 12.5 Å². The Morgan fingerprint density at radius 2 is 2.00 bits per heavy atom. The molecule has 1 N–H and O–H groups in total. The summed E-state index contributed by atoms with van der Waals surface area (Å²) in [7, 11) is 3.23. The molecule has 0 fully saturated rings. The van der Waals surface area contributed by atoms with Crippen LogP contribution < -0.4 is 19.5 Å². The fraction of sp³-hybridized carbons (Fsp3) is 0.533. The molecule has 0 unspecified atom stereocenters. The van der Waals surface area contributed by atoms with Crippen molar-refractivity contribution in [2.24, 2.45) is 5.41 Å². The number of carbonyl (C=O) groups is 1. The van der Waals surface area contributed by atoms with Crippen LogP contribution in [0, 0.1) is 5.41 Å². The highest BCUT2D eigenvalue weighted by Gasteiger charge is 2.30. The van der Waals surface area contributed by atoms with Gasteiger partial charge in [0.2, 0.25) is 6.79 Å². The average Bonchev–Trinajstić information content (AvgIpc) is 2.91. The number of nitrogens with one attached hydrogen (secondary N) is 1. The summed E-state index contributed by atoms with van der Waals surface area (Å²) in [6.07, 6.45) is 0. The molecule has 6 nitrogen and oxygen atoms in total. The molecule has 1 heterocycles. The van der Waals surface area contributed by atoms with E-state index in [2.05, 4.69) is 5.32 Å². The first-order chi connectivity index (χ1) is 9.97. The molecular weight excluding hydrogens is 274 g/mol. The lowest BCUT2D eigenvalue weighted by Crippen LogP contribution is -2.32. The summed E-state index contributed by atoms with van der Waals surface area (Å²) in [6, 6.07) is 3.68. The fourth-order valence-corrected chi connectivity index (χ4v) is 2.02. The summed E-state index contributed by atoms with van der Waals surface area (Å²) < 4.78 is 21.3. The Kier molecular flexibility index (Phi) is 4.57. The molecule has 2 rings (SSSR count). The Morgan fingerprint density at radius 1 is 1.33 bits per heavy atom. The molecule has 1 aliphatic heterocycles. The van der Waals surface area contributed by atoms with E-state index < -0.39 is 5.41 Å². The van der Waals surface area contributed by atoms with Crippen LogP contribution in [0.4, 0.5) is 0 Å². The van der Waals surface area contributed by atoms with Gasteiger partial charge < -0.3 is 24.3 Å². The van der Waals surface area contributed by atoms with E-state index in [1.807, 2.05) is 13.1 Å². The van der Waals surface area contributed by atoms with Crippen molar-refractivity contribution in [2.75, 3.05) is 27.6 Å². The van der Waals surface area contributed by atoms with E-state index in [1.54, 1.807) is 19.9 Å². The number of fused-ring (bicyclic) bond motifs is 1. The van der Waals surface area contributed by atoms with Gasteiger partial charge in [-0.2, -0.15) is 0 Å². The van der Waals surface area contributed by atoms with Gasteiger partial charge in [0.1, 0.15) is 12.4 Å². The maximum absolute atomic E-state index is 11.7. The highest BCUT2D eigenvalue weighted by atomic mass is 16.7. The number of rotatable bonds is 6. The number of ether oxygens (including phenoxy) is 4. The number of hydrogen-bond acceptors (Lipinski definition) is 6. The average molecular weight is 295 g/mol. The number of esters is 1. The monoisotopic (exact) mass is 295 g/mol. The van der Waals surface area contributed by atoms with Crippen molar-refractivity contribution in [2.45, 2.75) is 20.4 Å². The SMILES string of the molecule is CNCc1cc2c(cc1OCC(C)(C)C(=O)OC)OCO2. The van der Waals surface area contributed by atoms with Crippen LogP contribution in [0.5, 0.6) is 17.2 Å². The summed E-state index contributed by atoms with van der Waals surface area (Å²) in [5, 5.41) is 3.08. The molecule has 116 valence electrons. The molecule has 1 aliphatic rings. The van der Waals surface area contributed by atoms with Crippen molar-refractivity contribution in [3.8, 4) is 17.2 Å². The van der Waals surface area contributed by atoms with Gasteiger partial charge in [-0.15, -0.1) is 0 Å². The topological polar surface area (TPSA) is 66.0 Å². The second kappa shape index (κ2) is 6.22. The second-order valence-electron chi connectivity index (χ2n) is 5.51. The molecule has 0 aromatic heterocycles. The molecular formula is C15H21NO5. The lowest BCUT2D eigenvalue weighted by atomic mass is 9.95. The van der Waals surface area contributed by atoms with Gasteiger partial charge in [0.15, 0.2) is 11.5 Å². The number of hydrogen-bond donors (Lipinski definition) is 1. The summed E-state index contributed by atoms with van der Waals surface area (Å²) in [6.45, 7) is 4.62. The van der Waals surface area contributed by atoms with E-state index in [9.17, 15) is 4.79 Å². The Morgan fingerprint density at radius 3 is 2.62 bits per heavy atom. The maximum atomic E-state index is 11.7. The third-order valence-corrected chi connectivity index (χ3v) is 3.25. The first-order valence-electron chi connectivity index (χ1n) is 6.76. The first kappa shape index (κ1) is 15.4. The molecule has 1 aromatic rings. The van der Waals surface area contributed by atoms with E-state index in [1.165, 1.54) is 7.11 Å². The molecule has 21 heavy (non-hydrogen) atoms. The largest absolute Gasteiger partial charge is 0.492 e. The minimum Gasteiger partial charge on any atom is -0.492 e. The van der Waals surface area contributed by atoms with Crippen molar-refractivity contribution in [3.05, 3.63) is 17.7 Å². The van der Waals surface area contributed by atoms with Gasteiger partial charge in [0.25, 0.3) is 0 Å². The van der Waals surface area contributed by atoms with Crippen LogP contribution in [-0.4, -0.2) is 33.5 Å². The van der Waals surface area contributed by atoms with E-state index in [0.717, 1.165) is 5.56 Å². The summed E-state index contributed by atoms with van der Waals surface area (Å²) in [4.78, 5) is 11.7. The minimum atomic E-state index is -0.720. The van der Waals surface area contributed by atoms with Crippen LogP contribution >= 0.6 is 0 Å². The number of carbonyl (C=O) groups excluding carboxylic acids is 1. The van der Waals surface area contributed by atoms with Gasteiger partial charge in [-0.3, -0.25) is 4.79 Å². The molecule has 0 saturated heterocycles. The lowest BCUT2D eigenvalue weighted by molar-refractivity contribution is -0.152. The quantitative estimate of drug-likeness (QED) is 0.806. The lowest BCUT2D eigenvalue weighted by Gasteiger charge is -2.22. The van der Waals surface area contributed by atoms with Crippen molar-refractivity contribution < 1.29 is 23.7 Å². The predicted molar refractivity (Wildman–Crippen MR) is 76.6 cm³/mol. The molecule has 1 aromatic carbocycles. The molecule has 0 spiro atoms. The van der Waals surface area contributed by atoms with Crippen LogP contribution in [0.15, 0.2) is 12.1 Å². The smallest absolute Gasteiger partial charge is 0.314 e. The zero-order valence-electron chi connectivity index (χ0n) is 12.8. The van der Waals surface area contributed by atoms with E-state index >= 15 is 0 Å². The predicted octanol–water partition coefficient (Wildman–Crippen LogP) is 1.71. The number of benzene rings is 1. The second-order valence-corrected chi connectivity index (χ2v) is 5.51. The molecule has 0 aliphatic carbocycles. The van der Waals surface area contributed by atoms with Crippen molar-refractivity contribution in [1.82, 2.24) is 5.32 Å². The van der Waals surface area contributed by atoms with Gasteiger partial charge in [0, 0.05) is 18.2 Å². The highest BCUT2D eigenvalue weighted by molar-refractivity contribution is 5.75. The molecule has 0 bridgehead atoms. The van der Waals surface area contributed by atoms with Gasteiger partial charge in [-0.05, 0) is 27.0 Å². The zero-order valence-corrected chi connectivity index (χ0v) is 12.8. The molecule has 0 atom stereocenters. The van der Waals surface area contributed by atoms with E-state index in [0.29, 0.717) is 23.8 Å². The Hall–Kier alpha value is -1.95. The third kappa shape index (κ3) is 3.39. The van der Waals surface area contributed by atoms with Crippen LogP contribution in [0.25, 0.3) is 0 Å². The van der Waals surface area contributed by atoms with Crippen LogP contribution in [0.2, 0.25) is 0 Å². The summed E-state index contributed by atoms with van der Waals surface area (Å²) >= 11 is 0. The van der Waals surface area contributed by atoms with Crippen molar-refractivity contribution >= 4 is 5.97 Å². The zero-order chi connectivity index (χ0) is 15.5. The van der Waals surface area contributed by atoms with E-state index in [4.69, 9.17) is 18.9 Å². The standard InChI is InChI=1S/C15H21NO5/c1-15(2,14(17)18-4)8-19-11-6-13-12(20-9-21-13)5-10(11)7-16-3/h5-6,16H,7-9H2,1-4H3. The molecule has 0 amide bonds. The molecule has 0 radical (unpaired) electrons. The Balaban J connectivity index is 2.17. The fourth-order valence-electron chi connectivity index (χ4n) is 2.02. The number of methoxy groups -OCH3 is 1. The normalized spacial score (nSPS) is 13.1. The molecule has 0 saturated carbocycles. The van der Waals surface area contributed by atoms with Crippen LogP contribution in [0.1, 0.15) is 19.4 Å². The first-order valence-corrected chi connectivity index (χ1v) is 6.76. The van der Waals surface area contributed by atoms with E-state index in [-0.39, 0.29) is 19.4 Å². The Labute approximate surface area is 124 Å². The minimum absolute atomic E-state index is 0.214. The highest BCUT2D eigenvalue weighted by Crippen LogP contribution is 2.38. The Bertz CT molecular complexity index is 527. The van der Waals surface area contributed by atoms with Gasteiger partial charge in [-0.25, -0.2) is 0 Å². The third-order valence-electron chi connectivity index (χ3n) is 3.25. The van der Waals surface area contributed by atoms with Crippen molar-refractivity contribution in [3.63, 3.8) is 0 Å². The van der Waals surface area contributed by atoms with Crippen LogP contribution in [-0.2, 0) is 16.1 Å². The van der Waals surface area contributed by atoms with Crippen LogP contribution in [0.3, 0.4) is 0 Å². The van der Waals surface area contributed by atoms with Gasteiger partial charge >= 0.3 is 5.97 Å². The van der Waals surface area contributed by atoms with Gasteiger partial charge in [-0.1, -0.05) is 0 Å². The summed E-state index contributed by atoms with van der Waals surface area (Å²) in [5.41, 5.74) is 0.226. The van der Waals surface area contributed by atoms with Crippen molar-refractivity contribution in [1.29, 1.82) is 0 Å².